The number of nitrogens with one attached hydrogen (secondary N) is 2. The van der Waals surface area contributed by atoms with Gasteiger partial charge in [0, 0.05) is 12.2 Å². The maximum absolute atomic E-state index is 12.0. The minimum Gasteiger partial charge on any atom is -0.491 e. The van der Waals surface area contributed by atoms with E-state index in [0.29, 0.717) is 18.1 Å². The Kier molecular flexibility index (Phi) is 7.35. The van der Waals surface area contributed by atoms with E-state index in [1.165, 1.54) is 6.20 Å². The second kappa shape index (κ2) is 9.72. The number of aromatic nitrogens is 2. The van der Waals surface area contributed by atoms with Gasteiger partial charge in [0.1, 0.15) is 17.3 Å². The van der Waals surface area contributed by atoms with E-state index in [-0.39, 0.29) is 12.0 Å². The van der Waals surface area contributed by atoms with E-state index in [1.54, 1.807) is 6.20 Å². The molecular formula is C19H27N5O2. The van der Waals surface area contributed by atoms with Crippen LogP contribution in [0.25, 0.3) is 0 Å². The lowest BCUT2D eigenvalue weighted by Gasteiger charge is -2.11. The lowest BCUT2D eigenvalue weighted by atomic mass is 10.3. The molecule has 0 aliphatic heterocycles. The zero-order valence-corrected chi connectivity index (χ0v) is 15.8. The fourth-order valence-electron chi connectivity index (χ4n) is 2.23. The zero-order chi connectivity index (χ0) is 18.9. The average molecular weight is 357 g/mol. The first-order valence-corrected chi connectivity index (χ1v) is 8.73. The van der Waals surface area contributed by atoms with Crippen molar-refractivity contribution < 1.29 is 9.53 Å². The van der Waals surface area contributed by atoms with Gasteiger partial charge in [-0.25, -0.2) is 9.97 Å². The highest BCUT2D eigenvalue weighted by atomic mass is 16.5. The van der Waals surface area contributed by atoms with Crippen LogP contribution in [0, 0.1) is 0 Å². The summed E-state index contributed by atoms with van der Waals surface area (Å²) in [6, 6.07) is 7.60. The zero-order valence-electron chi connectivity index (χ0n) is 15.8. The van der Waals surface area contributed by atoms with Crippen LogP contribution in [-0.4, -0.2) is 54.1 Å². The van der Waals surface area contributed by atoms with E-state index < -0.39 is 0 Å². The first kappa shape index (κ1) is 19.7. The molecule has 7 nitrogen and oxygen atoms in total. The SMILES string of the molecule is CC(C)Oc1ccc(Nc2cnc(C(=O)NCCCN(C)C)cn2)cc1. The van der Waals surface area contributed by atoms with Gasteiger partial charge in [0.05, 0.1) is 18.5 Å². The molecule has 140 valence electrons. The molecule has 0 fully saturated rings. The molecule has 0 atom stereocenters. The van der Waals surface area contributed by atoms with Crippen LogP contribution in [0.1, 0.15) is 30.8 Å². The van der Waals surface area contributed by atoms with Gasteiger partial charge in [-0.2, -0.15) is 0 Å². The summed E-state index contributed by atoms with van der Waals surface area (Å²) >= 11 is 0. The molecule has 2 aromatic rings. The summed E-state index contributed by atoms with van der Waals surface area (Å²) in [6.45, 7) is 5.52. The van der Waals surface area contributed by atoms with E-state index in [2.05, 4.69) is 25.5 Å². The molecule has 0 bridgehead atoms. The lowest BCUT2D eigenvalue weighted by molar-refractivity contribution is 0.0947. The number of benzene rings is 1. The van der Waals surface area contributed by atoms with Crippen molar-refractivity contribution in [3.63, 3.8) is 0 Å². The number of amides is 1. The van der Waals surface area contributed by atoms with Gasteiger partial charge in [-0.3, -0.25) is 4.79 Å². The normalized spacial score (nSPS) is 10.8. The van der Waals surface area contributed by atoms with Crippen molar-refractivity contribution >= 4 is 17.4 Å². The molecule has 7 heteroatoms. The number of hydrogen-bond donors (Lipinski definition) is 2. The van der Waals surface area contributed by atoms with E-state index >= 15 is 0 Å². The van der Waals surface area contributed by atoms with Crippen LogP contribution in [-0.2, 0) is 0 Å². The van der Waals surface area contributed by atoms with E-state index in [0.717, 1.165) is 24.4 Å². The van der Waals surface area contributed by atoms with Crippen molar-refractivity contribution in [2.45, 2.75) is 26.4 Å². The van der Waals surface area contributed by atoms with Crippen molar-refractivity contribution in [3.8, 4) is 5.75 Å². The number of ether oxygens (including phenoxy) is 1. The standard InChI is InChI=1S/C19H27N5O2/c1-14(2)26-16-8-6-15(7-9-16)23-18-13-21-17(12-22-18)19(25)20-10-5-11-24(3)4/h6-9,12-14H,5,10-11H2,1-4H3,(H,20,25)(H,22,23). The molecule has 0 unspecified atom stereocenters. The molecule has 0 saturated heterocycles. The van der Waals surface area contributed by atoms with Crippen molar-refractivity contribution in [2.75, 3.05) is 32.5 Å². The Morgan fingerprint density at radius 2 is 1.88 bits per heavy atom. The summed E-state index contributed by atoms with van der Waals surface area (Å²) < 4.78 is 5.61. The number of rotatable bonds is 9. The predicted octanol–water partition coefficient (Wildman–Crippen LogP) is 2.69. The van der Waals surface area contributed by atoms with Crippen LogP contribution in [0.5, 0.6) is 5.75 Å². The van der Waals surface area contributed by atoms with Crippen LogP contribution in [0.3, 0.4) is 0 Å². The second-order valence-electron chi connectivity index (χ2n) is 6.52. The van der Waals surface area contributed by atoms with Gasteiger partial charge in [-0.1, -0.05) is 0 Å². The van der Waals surface area contributed by atoms with Crippen molar-refractivity contribution in [3.05, 3.63) is 42.4 Å². The van der Waals surface area contributed by atoms with Crippen molar-refractivity contribution in [2.24, 2.45) is 0 Å². The van der Waals surface area contributed by atoms with Crippen LogP contribution < -0.4 is 15.4 Å². The number of carbonyl (C=O) groups is 1. The minimum atomic E-state index is -0.210. The van der Waals surface area contributed by atoms with E-state index in [4.69, 9.17) is 4.74 Å². The van der Waals surface area contributed by atoms with Gasteiger partial charge < -0.3 is 20.3 Å². The maximum atomic E-state index is 12.0. The van der Waals surface area contributed by atoms with Crippen molar-refractivity contribution in [1.29, 1.82) is 0 Å². The molecule has 0 radical (unpaired) electrons. The second-order valence-corrected chi connectivity index (χ2v) is 6.52. The molecular weight excluding hydrogens is 330 g/mol. The Labute approximate surface area is 154 Å². The van der Waals surface area contributed by atoms with Gasteiger partial charge in [0.15, 0.2) is 0 Å². The fraction of sp³-hybridized carbons (Fsp3) is 0.421. The third kappa shape index (κ3) is 6.68. The molecule has 1 amide bonds. The third-order valence-electron chi connectivity index (χ3n) is 3.45. The van der Waals surface area contributed by atoms with Crippen molar-refractivity contribution in [1.82, 2.24) is 20.2 Å². The van der Waals surface area contributed by atoms with E-state index in [1.807, 2.05) is 52.2 Å². The molecule has 0 aliphatic carbocycles. The lowest BCUT2D eigenvalue weighted by Crippen LogP contribution is -2.27. The Morgan fingerprint density at radius 3 is 2.46 bits per heavy atom. The van der Waals surface area contributed by atoms with Gasteiger partial charge in [0.2, 0.25) is 0 Å². The summed E-state index contributed by atoms with van der Waals surface area (Å²) in [6.07, 6.45) is 4.05. The van der Waals surface area contributed by atoms with Gasteiger partial charge >= 0.3 is 0 Å². The summed E-state index contributed by atoms with van der Waals surface area (Å²) in [5.74, 6) is 1.18. The number of hydrogen-bond acceptors (Lipinski definition) is 6. The minimum absolute atomic E-state index is 0.140. The molecule has 1 aromatic carbocycles. The van der Waals surface area contributed by atoms with Crippen LogP contribution in [0.4, 0.5) is 11.5 Å². The van der Waals surface area contributed by atoms with Gasteiger partial charge in [-0.05, 0) is 65.2 Å². The molecule has 26 heavy (non-hydrogen) atoms. The highest BCUT2D eigenvalue weighted by molar-refractivity contribution is 5.92. The molecule has 0 aliphatic rings. The topological polar surface area (TPSA) is 79.4 Å². The quantitative estimate of drug-likeness (QED) is 0.672. The Bertz CT molecular complexity index is 684. The number of anilines is 2. The summed E-state index contributed by atoms with van der Waals surface area (Å²) in [5.41, 5.74) is 1.18. The molecule has 2 rings (SSSR count). The summed E-state index contributed by atoms with van der Waals surface area (Å²) in [5, 5.41) is 5.99. The number of carbonyl (C=O) groups excluding carboxylic acids is 1. The highest BCUT2D eigenvalue weighted by Crippen LogP contribution is 2.19. The number of nitrogens with zero attached hydrogens (tertiary/aromatic N) is 3. The largest absolute Gasteiger partial charge is 0.491 e. The Balaban J connectivity index is 1.85. The van der Waals surface area contributed by atoms with Gasteiger partial charge in [-0.15, -0.1) is 0 Å². The monoisotopic (exact) mass is 357 g/mol. The Hall–Kier alpha value is -2.67. The van der Waals surface area contributed by atoms with E-state index in [9.17, 15) is 4.79 Å². The molecule has 0 saturated carbocycles. The van der Waals surface area contributed by atoms with Crippen LogP contribution >= 0.6 is 0 Å². The summed E-state index contributed by atoms with van der Waals surface area (Å²) in [4.78, 5) is 22.5. The molecule has 0 spiro atoms. The predicted molar refractivity (Wildman–Crippen MR) is 103 cm³/mol. The fourth-order valence-corrected chi connectivity index (χ4v) is 2.23. The van der Waals surface area contributed by atoms with Crippen LogP contribution in [0.15, 0.2) is 36.7 Å². The molecule has 1 heterocycles. The van der Waals surface area contributed by atoms with Crippen LogP contribution in [0.2, 0.25) is 0 Å². The Morgan fingerprint density at radius 1 is 1.15 bits per heavy atom. The first-order valence-electron chi connectivity index (χ1n) is 8.73. The average Bonchev–Trinajstić information content (AvgIpc) is 2.60. The molecule has 2 N–H and O–H groups in total. The maximum Gasteiger partial charge on any atom is 0.271 e. The molecule has 1 aromatic heterocycles. The highest BCUT2D eigenvalue weighted by Gasteiger charge is 2.07. The van der Waals surface area contributed by atoms with Gasteiger partial charge in [0.25, 0.3) is 5.91 Å². The third-order valence-corrected chi connectivity index (χ3v) is 3.45. The smallest absolute Gasteiger partial charge is 0.271 e. The first-order chi connectivity index (χ1) is 12.4. The summed E-state index contributed by atoms with van der Waals surface area (Å²) in [7, 11) is 4.01.